The molecule has 0 aliphatic heterocycles. The summed E-state index contributed by atoms with van der Waals surface area (Å²) in [6.45, 7) is 27.8. The molecule has 0 saturated carbocycles. The summed E-state index contributed by atoms with van der Waals surface area (Å²) in [7, 11) is 0. The van der Waals surface area contributed by atoms with Gasteiger partial charge in [0.05, 0.1) is 0 Å². The summed E-state index contributed by atoms with van der Waals surface area (Å²) in [6, 6.07) is 14.5. The summed E-state index contributed by atoms with van der Waals surface area (Å²) in [5.74, 6) is 0. The zero-order valence-corrected chi connectivity index (χ0v) is 21.2. The van der Waals surface area contributed by atoms with Crippen LogP contribution in [-0.4, -0.2) is 29.6 Å². The van der Waals surface area contributed by atoms with Gasteiger partial charge in [0.15, 0.2) is 0 Å². The van der Waals surface area contributed by atoms with Crippen LogP contribution in [0.4, 0.5) is 0 Å². The fourth-order valence-electron chi connectivity index (χ4n) is 3.56. The Kier molecular flexibility index (Phi) is 8.36. The van der Waals surface area contributed by atoms with Crippen LogP contribution < -0.4 is 0 Å². The van der Waals surface area contributed by atoms with Gasteiger partial charge in [0.2, 0.25) is 0 Å². The average molecular weight is 417 g/mol. The molecule has 0 aromatic heterocycles. The van der Waals surface area contributed by atoms with Crippen LogP contribution in [0.3, 0.4) is 0 Å². The molecule has 0 N–H and O–H groups in total. The molecule has 0 fully saturated rings. The van der Waals surface area contributed by atoms with Gasteiger partial charge in [-0.15, -0.1) is 0 Å². The Morgan fingerprint density at radius 3 is 0.767 bits per heavy atom. The van der Waals surface area contributed by atoms with Gasteiger partial charge in [-0.1, -0.05) is 119 Å². The second-order valence-corrected chi connectivity index (χ2v) is 13.0. The van der Waals surface area contributed by atoms with E-state index in [2.05, 4.69) is 119 Å². The van der Waals surface area contributed by atoms with Crippen molar-refractivity contribution in [3.05, 3.63) is 69.8 Å². The van der Waals surface area contributed by atoms with E-state index < -0.39 is 0 Å². The van der Waals surface area contributed by atoms with Crippen LogP contribution in [0.5, 0.6) is 0 Å². The van der Waals surface area contributed by atoms with Gasteiger partial charge >= 0.3 is 29.6 Å². The molecule has 0 atom stereocenters. The third-order valence-corrected chi connectivity index (χ3v) is 5.86. The van der Waals surface area contributed by atoms with Crippen molar-refractivity contribution in [2.75, 3.05) is 0 Å². The molecule has 0 amide bonds. The fourth-order valence-corrected chi connectivity index (χ4v) is 3.56. The van der Waals surface area contributed by atoms with Gasteiger partial charge in [0, 0.05) is 0 Å². The van der Waals surface area contributed by atoms with Crippen LogP contribution >= 0.6 is 0 Å². The van der Waals surface area contributed by atoms with Crippen molar-refractivity contribution < 1.29 is 0 Å². The number of hydrogen-bond acceptors (Lipinski definition) is 0. The Balaban J connectivity index is 0.00000450. The van der Waals surface area contributed by atoms with Crippen molar-refractivity contribution >= 4 is 29.6 Å². The normalized spacial score (nSPS) is 13.2. The monoisotopic (exact) mass is 416 g/mol. The first-order valence-electron chi connectivity index (χ1n) is 11.2. The number of rotatable bonds is 2. The molecular formula is C29H45Na. The summed E-state index contributed by atoms with van der Waals surface area (Å²) in [4.78, 5) is 0. The van der Waals surface area contributed by atoms with Crippen LogP contribution in [0, 0.1) is 0 Å². The van der Waals surface area contributed by atoms with Crippen molar-refractivity contribution in [2.24, 2.45) is 0 Å². The maximum absolute atomic E-state index is 2.43. The summed E-state index contributed by atoms with van der Waals surface area (Å²) in [5, 5.41) is 0. The summed E-state index contributed by atoms with van der Waals surface area (Å²) >= 11 is 0. The van der Waals surface area contributed by atoms with Gasteiger partial charge in [0.25, 0.3) is 0 Å². The molecule has 2 aromatic rings. The van der Waals surface area contributed by atoms with E-state index in [1.807, 2.05) is 0 Å². The molecule has 162 valence electrons. The minimum absolute atomic E-state index is 0. The second kappa shape index (κ2) is 9.13. The van der Waals surface area contributed by atoms with Gasteiger partial charge in [-0.2, -0.15) is 0 Å². The Morgan fingerprint density at radius 1 is 0.400 bits per heavy atom. The third kappa shape index (κ3) is 7.25. The SMILES string of the molecule is CC(C)(C)c1cc(Cc2cc(C(C)(C)C)cc(C(C)(C)C)c2)cc(C(C)(C)C)c1.[NaH]. The van der Waals surface area contributed by atoms with Crippen molar-refractivity contribution in [2.45, 2.75) is 111 Å². The molecular weight excluding hydrogens is 371 g/mol. The molecule has 0 nitrogen and oxygen atoms in total. The zero-order valence-electron chi connectivity index (χ0n) is 21.2. The molecule has 0 aliphatic rings. The van der Waals surface area contributed by atoms with E-state index in [0.29, 0.717) is 0 Å². The van der Waals surface area contributed by atoms with Crippen molar-refractivity contribution in [1.82, 2.24) is 0 Å². The van der Waals surface area contributed by atoms with E-state index in [1.165, 1.54) is 33.4 Å². The van der Waals surface area contributed by atoms with Crippen molar-refractivity contribution in [3.8, 4) is 0 Å². The topological polar surface area (TPSA) is 0 Å². The molecule has 30 heavy (non-hydrogen) atoms. The van der Waals surface area contributed by atoms with E-state index in [0.717, 1.165) is 6.42 Å². The van der Waals surface area contributed by atoms with Crippen LogP contribution in [0.2, 0.25) is 0 Å². The quantitative estimate of drug-likeness (QED) is 0.438. The van der Waals surface area contributed by atoms with E-state index in [4.69, 9.17) is 0 Å². The first-order chi connectivity index (χ1) is 12.9. The van der Waals surface area contributed by atoms with Gasteiger partial charge in [-0.05, 0) is 61.5 Å². The minimum atomic E-state index is 0. The fraction of sp³-hybridized carbons (Fsp3) is 0.586. The molecule has 0 aliphatic carbocycles. The number of hydrogen-bond donors (Lipinski definition) is 0. The van der Waals surface area contributed by atoms with Crippen LogP contribution in [0.1, 0.15) is 116 Å². The second-order valence-electron chi connectivity index (χ2n) is 13.0. The van der Waals surface area contributed by atoms with Crippen LogP contribution in [0.25, 0.3) is 0 Å². The predicted octanol–water partition coefficient (Wildman–Crippen LogP) is 7.82. The molecule has 0 bridgehead atoms. The molecule has 0 saturated heterocycles. The zero-order chi connectivity index (χ0) is 22.4. The van der Waals surface area contributed by atoms with Gasteiger partial charge in [0.1, 0.15) is 0 Å². The van der Waals surface area contributed by atoms with Gasteiger partial charge < -0.3 is 0 Å². The standard InChI is InChI=1S/C29H44.Na.H/c1-26(2,3)22-14-20(15-23(18-22)27(4,5)6)13-21-16-24(28(7,8)9)19-25(17-21)29(10,11)12;;/h14-19H,13H2,1-12H3;;. The number of benzene rings is 2. The summed E-state index contributed by atoms with van der Waals surface area (Å²) in [5.41, 5.74) is 9.19. The Morgan fingerprint density at radius 2 is 0.600 bits per heavy atom. The van der Waals surface area contributed by atoms with Gasteiger partial charge in [-0.25, -0.2) is 0 Å². The summed E-state index contributed by atoms with van der Waals surface area (Å²) < 4.78 is 0. The van der Waals surface area contributed by atoms with Crippen LogP contribution in [-0.2, 0) is 28.1 Å². The Bertz CT molecular complexity index is 721. The van der Waals surface area contributed by atoms with Crippen molar-refractivity contribution in [1.29, 1.82) is 0 Å². The molecule has 2 aromatic carbocycles. The van der Waals surface area contributed by atoms with E-state index >= 15 is 0 Å². The molecule has 0 heterocycles. The predicted molar refractivity (Wildman–Crippen MR) is 138 cm³/mol. The first kappa shape index (κ1) is 27.5. The van der Waals surface area contributed by atoms with E-state index in [-0.39, 0.29) is 51.2 Å². The molecule has 2 rings (SSSR count). The maximum atomic E-state index is 2.43. The third-order valence-electron chi connectivity index (χ3n) is 5.86. The Labute approximate surface area is 209 Å². The molecule has 0 radical (unpaired) electrons. The van der Waals surface area contributed by atoms with E-state index in [9.17, 15) is 0 Å². The molecule has 0 spiro atoms. The summed E-state index contributed by atoms with van der Waals surface area (Å²) in [6.07, 6.45) is 0.986. The van der Waals surface area contributed by atoms with Crippen molar-refractivity contribution in [3.63, 3.8) is 0 Å². The van der Waals surface area contributed by atoms with Gasteiger partial charge in [-0.3, -0.25) is 0 Å². The first-order valence-corrected chi connectivity index (χ1v) is 11.2. The Hall–Kier alpha value is -0.560. The molecule has 1 heteroatoms. The van der Waals surface area contributed by atoms with Crippen LogP contribution in [0.15, 0.2) is 36.4 Å². The van der Waals surface area contributed by atoms with E-state index in [1.54, 1.807) is 0 Å². The average Bonchev–Trinajstić information content (AvgIpc) is 2.51. The molecule has 0 unspecified atom stereocenters.